The standard InChI is InChI=1S/C16H20N4O3/c1-12(23-10-13-5-3-6-14(9-13)22-2)15(21)19-7-4-8-20-16(19)17-11-18-20/h3,5-6,9,11-12H,4,7-8,10H2,1-2H3/t12-/m1/s1. The quantitative estimate of drug-likeness (QED) is 0.838. The summed E-state index contributed by atoms with van der Waals surface area (Å²) in [5, 5.41) is 4.12. The zero-order valence-electron chi connectivity index (χ0n) is 13.3. The number of rotatable bonds is 5. The average Bonchev–Trinajstić information content (AvgIpc) is 3.07. The third kappa shape index (κ3) is 3.34. The van der Waals surface area contributed by atoms with Crippen LogP contribution >= 0.6 is 0 Å². The fourth-order valence-corrected chi connectivity index (χ4v) is 2.59. The Kier molecular flexibility index (Phi) is 4.57. The van der Waals surface area contributed by atoms with Gasteiger partial charge in [-0.3, -0.25) is 9.69 Å². The van der Waals surface area contributed by atoms with Crippen LogP contribution in [0.15, 0.2) is 30.6 Å². The molecular weight excluding hydrogens is 296 g/mol. The van der Waals surface area contributed by atoms with E-state index < -0.39 is 6.10 Å². The Hall–Kier alpha value is -2.41. The first-order valence-electron chi connectivity index (χ1n) is 7.63. The molecule has 0 spiro atoms. The number of benzene rings is 1. The van der Waals surface area contributed by atoms with Crippen LogP contribution in [0.5, 0.6) is 5.75 Å². The SMILES string of the molecule is COc1cccc(CO[C@H](C)C(=O)N2CCCn3ncnc32)c1. The Morgan fingerprint density at radius 2 is 2.26 bits per heavy atom. The van der Waals surface area contributed by atoms with Crippen LogP contribution < -0.4 is 9.64 Å². The predicted octanol–water partition coefficient (Wildman–Crippen LogP) is 1.63. The number of aryl methyl sites for hydroxylation is 1. The minimum Gasteiger partial charge on any atom is -0.497 e. The molecule has 2 aromatic rings. The molecule has 0 fully saturated rings. The second kappa shape index (κ2) is 6.78. The molecule has 7 nitrogen and oxygen atoms in total. The molecule has 1 amide bonds. The van der Waals surface area contributed by atoms with E-state index in [0.29, 0.717) is 19.1 Å². The maximum absolute atomic E-state index is 12.6. The van der Waals surface area contributed by atoms with Gasteiger partial charge in [0.1, 0.15) is 18.2 Å². The van der Waals surface area contributed by atoms with Crippen molar-refractivity contribution in [1.82, 2.24) is 14.8 Å². The van der Waals surface area contributed by atoms with Crippen molar-refractivity contribution in [3.8, 4) is 5.75 Å². The molecule has 0 aliphatic carbocycles. The Labute approximate surface area is 134 Å². The maximum Gasteiger partial charge on any atom is 0.258 e. The van der Waals surface area contributed by atoms with Gasteiger partial charge in [-0.15, -0.1) is 0 Å². The lowest BCUT2D eigenvalue weighted by molar-refractivity contribution is -0.130. The Morgan fingerprint density at radius 3 is 3.09 bits per heavy atom. The van der Waals surface area contributed by atoms with Crippen molar-refractivity contribution < 1.29 is 14.3 Å². The Bertz CT molecular complexity index is 685. The van der Waals surface area contributed by atoms with Crippen LogP contribution in [0.25, 0.3) is 0 Å². The first-order valence-corrected chi connectivity index (χ1v) is 7.63. The van der Waals surface area contributed by atoms with Crippen molar-refractivity contribution in [1.29, 1.82) is 0 Å². The summed E-state index contributed by atoms with van der Waals surface area (Å²) < 4.78 is 12.7. The molecule has 7 heteroatoms. The number of hydrogen-bond acceptors (Lipinski definition) is 5. The van der Waals surface area contributed by atoms with Crippen molar-refractivity contribution in [2.75, 3.05) is 18.6 Å². The number of nitrogens with zero attached hydrogens (tertiary/aromatic N) is 4. The molecule has 23 heavy (non-hydrogen) atoms. The van der Waals surface area contributed by atoms with Gasteiger partial charge in [-0.25, -0.2) is 4.68 Å². The average molecular weight is 316 g/mol. The molecule has 122 valence electrons. The fraction of sp³-hybridized carbons (Fsp3) is 0.438. The molecule has 0 saturated carbocycles. The number of methoxy groups -OCH3 is 1. The molecule has 0 N–H and O–H groups in total. The molecule has 1 aromatic heterocycles. The molecule has 0 bridgehead atoms. The second-order valence-corrected chi connectivity index (χ2v) is 5.43. The fourth-order valence-electron chi connectivity index (χ4n) is 2.59. The molecule has 3 rings (SSSR count). The molecule has 0 unspecified atom stereocenters. The molecule has 0 radical (unpaired) electrons. The van der Waals surface area contributed by atoms with Gasteiger partial charge in [-0.1, -0.05) is 12.1 Å². The molecular formula is C16H20N4O3. The highest BCUT2D eigenvalue weighted by Crippen LogP contribution is 2.19. The third-order valence-corrected chi connectivity index (χ3v) is 3.84. The minimum absolute atomic E-state index is 0.0955. The lowest BCUT2D eigenvalue weighted by atomic mass is 10.2. The van der Waals surface area contributed by atoms with Gasteiger partial charge in [0.2, 0.25) is 5.95 Å². The number of aromatic nitrogens is 3. The summed E-state index contributed by atoms with van der Waals surface area (Å²) in [5.41, 5.74) is 0.964. The van der Waals surface area contributed by atoms with E-state index in [-0.39, 0.29) is 5.91 Å². The van der Waals surface area contributed by atoms with Gasteiger partial charge in [-0.05, 0) is 31.0 Å². The van der Waals surface area contributed by atoms with Gasteiger partial charge in [0.25, 0.3) is 5.91 Å². The summed E-state index contributed by atoms with van der Waals surface area (Å²) in [6.45, 7) is 3.55. The first-order chi connectivity index (χ1) is 11.2. The highest BCUT2D eigenvalue weighted by atomic mass is 16.5. The third-order valence-electron chi connectivity index (χ3n) is 3.84. The molecule has 1 aliphatic rings. The van der Waals surface area contributed by atoms with E-state index in [1.54, 1.807) is 23.6 Å². The smallest absolute Gasteiger partial charge is 0.258 e. The highest BCUT2D eigenvalue weighted by Gasteiger charge is 2.28. The number of carbonyl (C=O) groups is 1. The Morgan fingerprint density at radius 1 is 1.39 bits per heavy atom. The zero-order chi connectivity index (χ0) is 16.2. The van der Waals surface area contributed by atoms with Crippen molar-refractivity contribution in [2.45, 2.75) is 32.6 Å². The molecule has 2 heterocycles. The Balaban J connectivity index is 1.62. The number of carbonyl (C=O) groups excluding carboxylic acids is 1. The minimum atomic E-state index is -0.551. The van der Waals surface area contributed by atoms with Crippen molar-refractivity contribution in [3.05, 3.63) is 36.2 Å². The van der Waals surface area contributed by atoms with E-state index in [1.807, 2.05) is 24.3 Å². The normalized spacial score (nSPS) is 15.1. The van der Waals surface area contributed by atoms with Crippen LogP contribution in [-0.2, 0) is 22.7 Å². The van der Waals surface area contributed by atoms with Crippen LogP contribution in [0.3, 0.4) is 0 Å². The van der Waals surface area contributed by atoms with Crippen LogP contribution in [0.2, 0.25) is 0 Å². The van der Waals surface area contributed by atoms with E-state index in [4.69, 9.17) is 9.47 Å². The number of ether oxygens (including phenoxy) is 2. The van der Waals surface area contributed by atoms with Crippen LogP contribution in [-0.4, -0.2) is 40.4 Å². The number of hydrogen-bond donors (Lipinski definition) is 0. The monoisotopic (exact) mass is 316 g/mol. The van der Waals surface area contributed by atoms with Crippen LogP contribution in [0.1, 0.15) is 18.9 Å². The van der Waals surface area contributed by atoms with Gasteiger partial charge < -0.3 is 9.47 Å². The van der Waals surface area contributed by atoms with E-state index in [0.717, 1.165) is 24.3 Å². The van der Waals surface area contributed by atoms with E-state index >= 15 is 0 Å². The maximum atomic E-state index is 12.6. The highest BCUT2D eigenvalue weighted by molar-refractivity contribution is 5.95. The predicted molar refractivity (Wildman–Crippen MR) is 84.2 cm³/mol. The number of fused-ring (bicyclic) bond motifs is 1. The molecule has 0 saturated heterocycles. The lowest BCUT2D eigenvalue weighted by Crippen LogP contribution is -2.43. The van der Waals surface area contributed by atoms with Crippen molar-refractivity contribution >= 4 is 11.9 Å². The summed E-state index contributed by atoms with van der Waals surface area (Å²) >= 11 is 0. The molecule has 1 atom stereocenters. The number of anilines is 1. The van der Waals surface area contributed by atoms with Gasteiger partial charge >= 0.3 is 0 Å². The van der Waals surface area contributed by atoms with E-state index in [1.165, 1.54) is 6.33 Å². The second-order valence-electron chi connectivity index (χ2n) is 5.43. The number of amides is 1. The van der Waals surface area contributed by atoms with Gasteiger partial charge in [0, 0.05) is 13.1 Å². The molecule has 1 aliphatic heterocycles. The molecule has 1 aromatic carbocycles. The van der Waals surface area contributed by atoms with Gasteiger partial charge in [0.05, 0.1) is 13.7 Å². The lowest BCUT2D eigenvalue weighted by Gasteiger charge is -2.28. The van der Waals surface area contributed by atoms with Gasteiger partial charge in [0.15, 0.2) is 0 Å². The van der Waals surface area contributed by atoms with Gasteiger partial charge in [-0.2, -0.15) is 10.1 Å². The summed E-state index contributed by atoms with van der Waals surface area (Å²) in [5.74, 6) is 1.27. The topological polar surface area (TPSA) is 69.5 Å². The summed E-state index contributed by atoms with van der Waals surface area (Å²) in [7, 11) is 1.62. The largest absolute Gasteiger partial charge is 0.497 e. The van der Waals surface area contributed by atoms with E-state index in [9.17, 15) is 4.79 Å². The summed E-state index contributed by atoms with van der Waals surface area (Å²) in [6.07, 6.45) is 1.79. The van der Waals surface area contributed by atoms with Crippen molar-refractivity contribution in [3.63, 3.8) is 0 Å². The van der Waals surface area contributed by atoms with Crippen LogP contribution in [0, 0.1) is 0 Å². The first kappa shape index (κ1) is 15.5. The summed E-state index contributed by atoms with van der Waals surface area (Å²) in [4.78, 5) is 18.4. The van der Waals surface area contributed by atoms with Crippen molar-refractivity contribution in [2.24, 2.45) is 0 Å². The van der Waals surface area contributed by atoms with E-state index in [2.05, 4.69) is 10.1 Å². The zero-order valence-corrected chi connectivity index (χ0v) is 13.3. The summed E-state index contributed by atoms with van der Waals surface area (Å²) in [6, 6.07) is 7.61. The van der Waals surface area contributed by atoms with Crippen LogP contribution in [0.4, 0.5) is 5.95 Å².